The average Bonchev–Trinajstić information content (AvgIpc) is 2.97. The summed E-state index contributed by atoms with van der Waals surface area (Å²) in [5, 5.41) is 0. The summed E-state index contributed by atoms with van der Waals surface area (Å²) in [5.41, 5.74) is -1.58. The molecule has 0 aromatic carbocycles. The van der Waals surface area contributed by atoms with Gasteiger partial charge in [0.1, 0.15) is 5.60 Å². The van der Waals surface area contributed by atoms with Crippen molar-refractivity contribution in [3.63, 3.8) is 0 Å². The van der Waals surface area contributed by atoms with Crippen LogP contribution >= 0.6 is 0 Å². The van der Waals surface area contributed by atoms with Crippen molar-refractivity contribution in [2.45, 2.75) is 51.8 Å². The topological polar surface area (TPSA) is 58.6 Å². The van der Waals surface area contributed by atoms with Crippen LogP contribution in [0.1, 0.15) is 45.7 Å². The molecule has 1 aromatic heterocycles. The molecule has 2 aliphatic rings. The maximum absolute atomic E-state index is 13.2. The Morgan fingerprint density at radius 2 is 1.67 bits per heavy atom. The summed E-state index contributed by atoms with van der Waals surface area (Å²) in [6, 6.07) is 0. The molecule has 150 valence electrons. The van der Waals surface area contributed by atoms with Crippen LogP contribution in [0.25, 0.3) is 0 Å². The molecular weight excluding hydrogens is 361 g/mol. The summed E-state index contributed by atoms with van der Waals surface area (Å²) in [5.74, 6) is -0.101. The Morgan fingerprint density at radius 1 is 1.07 bits per heavy atom. The van der Waals surface area contributed by atoms with Crippen LogP contribution in [0.5, 0.6) is 0 Å². The van der Waals surface area contributed by atoms with Crippen LogP contribution in [0.15, 0.2) is 12.4 Å². The van der Waals surface area contributed by atoms with Gasteiger partial charge in [-0.3, -0.25) is 0 Å². The second-order valence-corrected chi connectivity index (χ2v) is 8.37. The zero-order chi connectivity index (χ0) is 19.9. The Balaban J connectivity index is 1.65. The Morgan fingerprint density at radius 3 is 2.26 bits per heavy atom. The van der Waals surface area contributed by atoms with Crippen molar-refractivity contribution in [3.05, 3.63) is 18.1 Å². The van der Waals surface area contributed by atoms with Gasteiger partial charge in [0, 0.05) is 38.6 Å². The molecule has 0 atom stereocenters. The third-order valence-electron chi connectivity index (χ3n) is 5.16. The minimum absolute atomic E-state index is 0.0983. The zero-order valence-corrected chi connectivity index (χ0v) is 15.8. The third-order valence-corrected chi connectivity index (χ3v) is 5.16. The van der Waals surface area contributed by atoms with Gasteiger partial charge in [0.15, 0.2) is 11.5 Å². The van der Waals surface area contributed by atoms with Crippen LogP contribution in [0.3, 0.4) is 0 Å². The van der Waals surface area contributed by atoms with Crippen LogP contribution in [-0.2, 0) is 10.9 Å². The van der Waals surface area contributed by atoms with E-state index in [0.717, 1.165) is 25.5 Å². The van der Waals surface area contributed by atoms with Gasteiger partial charge in [0.25, 0.3) is 0 Å². The molecule has 2 fully saturated rings. The number of carbonyl (C=O) groups excluding carboxylic acids is 1. The number of piperidine rings is 1. The Bertz CT molecular complexity index is 695. The summed E-state index contributed by atoms with van der Waals surface area (Å²) >= 11 is 0. The van der Waals surface area contributed by atoms with E-state index < -0.39 is 17.5 Å². The first-order valence-corrected chi connectivity index (χ1v) is 9.10. The maximum Gasteiger partial charge on any atom is 0.437 e. The summed E-state index contributed by atoms with van der Waals surface area (Å²) < 4.78 is 45.1. The van der Waals surface area contributed by atoms with E-state index in [-0.39, 0.29) is 17.3 Å². The number of carbonyl (C=O) groups is 1. The predicted octanol–water partition coefficient (Wildman–Crippen LogP) is 3.72. The summed E-state index contributed by atoms with van der Waals surface area (Å²) in [6.07, 6.45) is -0.240. The first-order chi connectivity index (χ1) is 12.5. The van der Waals surface area contributed by atoms with E-state index in [9.17, 15) is 18.0 Å². The lowest BCUT2D eigenvalue weighted by Crippen LogP contribution is -2.46. The number of alkyl halides is 3. The van der Waals surface area contributed by atoms with E-state index in [1.54, 1.807) is 9.80 Å². The fraction of sp³-hybridized carbons (Fsp3) is 0.722. The van der Waals surface area contributed by atoms with Crippen LogP contribution in [0.2, 0.25) is 0 Å². The summed E-state index contributed by atoms with van der Waals surface area (Å²) in [6.45, 7) is 7.58. The van der Waals surface area contributed by atoms with E-state index >= 15 is 0 Å². The normalized spacial score (nSPS) is 20.2. The molecule has 1 spiro atoms. The second kappa shape index (κ2) is 6.83. The van der Waals surface area contributed by atoms with Gasteiger partial charge in [-0.25, -0.2) is 14.8 Å². The smallest absolute Gasteiger partial charge is 0.437 e. The SMILES string of the molecule is CC(C)(C)OC(=O)N1CCC2(CC1)CCN(c1nccnc1C(F)(F)F)C2. The second-order valence-electron chi connectivity index (χ2n) is 8.37. The Hall–Kier alpha value is -2.06. The van der Waals surface area contributed by atoms with Crippen LogP contribution in [0.4, 0.5) is 23.8 Å². The van der Waals surface area contributed by atoms with Crippen LogP contribution in [-0.4, -0.2) is 52.7 Å². The molecule has 0 N–H and O–H groups in total. The minimum Gasteiger partial charge on any atom is -0.444 e. The van der Waals surface area contributed by atoms with Gasteiger partial charge in [-0.1, -0.05) is 0 Å². The Kier molecular flexibility index (Phi) is 4.98. The molecule has 27 heavy (non-hydrogen) atoms. The lowest BCUT2D eigenvalue weighted by molar-refractivity contribution is -0.140. The average molecular weight is 386 g/mol. The van der Waals surface area contributed by atoms with Crippen molar-refractivity contribution in [1.29, 1.82) is 0 Å². The molecule has 2 saturated heterocycles. The zero-order valence-electron chi connectivity index (χ0n) is 15.8. The standard InChI is InChI=1S/C18H25F3N4O2/c1-16(2,3)27-15(26)24-9-4-17(5-10-24)6-11-25(12-17)14-13(18(19,20)21)22-7-8-23-14/h7-8H,4-6,9-12H2,1-3H3. The summed E-state index contributed by atoms with van der Waals surface area (Å²) in [7, 11) is 0. The van der Waals surface area contributed by atoms with Gasteiger partial charge < -0.3 is 14.5 Å². The molecule has 2 aliphatic heterocycles. The molecule has 1 aromatic rings. The molecule has 3 rings (SSSR count). The highest BCUT2D eigenvalue weighted by Crippen LogP contribution is 2.43. The fourth-order valence-corrected chi connectivity index (χ4v) is 3.78. The van der Waals surface area contributed by atoms with Crippen molar-refractivity contribution in [2.75, 3.05) is 31.1 Å². The number of halogens is 3. The number of anilines is 1. The van der Waals surface area contributed by atoms with Crippen molar-refractivity contribution < 1.29 is 22.7 Å². The molecule has 3 heterocycles. The van der Waals surface area contributed by atoms with Gasteiger partial charge >= 0.3 is 12.3 Å². The first-order valence-electron chi connectivity index (χ1n) is 9.10. The van der Waals surface area contributed by atoms with E-state index in [2.05, 4.69) is 9.97 Å². The molecule has 6 nitrogen and oxygen atoms in total. The highest BCUT2D eigenvalue weighted by molar-refractivity contribution is 5.68. The van der Waals surface area contributed by atoms with Crippen molar-refractivity contribution in [3.8, 4) is 0 Å². The molecule has 9 heteroatoms. The Labute approximate surface area is 156 Å². The van der Waals surface area contributed by atoms with Gasteiger partial charge in [-0.15, -0.1) is 0 Å². The largest absolute Gasteiger partial charge is 0.444 e. The minimum atomic E-state index is -4.53. The number of amides is 1. The molecule has 0 saturated carbocycles. The molecule has 1 amide bonds. The first kappa shape index (κ1) is 19.7. The number of nitrogens with zero attached hydrogens (tertiary/aromatic N) is 4. The quantitative estimate of drug-likeness (QED) is 0.736. The van der Waals surface area contributed by atoms with E-state index in [1.807, 2.05) is 20.8 Å². The van der Waals surface area contributed by atoms with Gasteiger partial charge in [0.2, 0.25) is 0 Å². The monoisotopic (exact) mass is 386 g/mol. The number of hydrogen-bond donors (Lipinski definition) is 0. The van der Waals surface area contributed by atoms with Gasteiger partial charge in [-0.05, 0) is 45.4 Å². The van der Waals surface area contributed by atoms with Gasteiger partial charge in [0.05, 0.1) is 0 Å². The van der Waals surface area contributed by atoms with Crippen molar-refractivity contribution >= 4 is 11.9 Å². The van der Waals surface area contributed by atoms with E-state index in [4.69, 9.17) is 4.74 Å². The highest BCUT2D eigenvalue weighted by Gasteiger charge is 2.45. The lowest BCUT2D eigenvalue weighted by atomic mass is 9.78. The number of hydrogen-bond acceptors (Lipinski definition) is 5. The molecular formula is C18H25F3N4O2. The number of rotatable bonds is 1. The number of aromatic nitrogens is 2. The van der Waals surface area contributed by atoms with Crippen LogP contribution in [0, 0.1) is 5.41 Å². The number of ether oxygens (including phenoxy) is 1. The molecule has 0 aliphatic carbocycles. The third kappa shape index (κ3) is 4.44. The van der Waals surface area contributed by atoms with Crippen molar-refractivity contribution in [1.82, 2.24) is 14.9 Å². The van der Waals surface area contributed by atoms with Crippen molar-refractivity contribution in [2.24, 2.45) is 5.41 Å². The predicted molar refractivity (Wildman–Crippen MR) is 93.3 cm³/mol. The van der Waals surface area contributed by atoms with Gasteiger partial charge in [-0.2, -0.15) is 13.2 Å². The molecule has 0 bridgehead atoms. The van der Waals surface area contributed by atoms with E-state index in [1.165, 1.54) is 6.20 Å². The lowest BCUT2D eigenvalue weighted by Gasteiger charge is -2.39. The summed E-state index contributed by atoms with van der Waals surface area (Å²) in [4.78, 5) is 23.0. The van der Waals surface area contributed by atoms with E-state index in [0.29, 0.717) is 26.2 Å². The number of likely N-dealkylation sites (tertiary alicyclic amines) is 1. The fourth-order valence-electron chi connectivity index (χ4n) is 3.78. The van der Waals surface area contributed by atoms with Crippen LogP contribution < -0.4 is 4.90 Å². The highest BCUT2D eigenvalue weighted by atomic mass is 19.4. The molecule has 0 unspecified atom stereocenters. The maximum atomic E-state index is 13.2. The molecule has 0 radical (unpaired) electrons.